The zero-order valence-electron chi connectivity index (χ0n) is 23.7. The molecular weight excluding hydrogens is 516 g/mol. The van der Waals surface area contributed by atoms with Crippen molar-refractivity contribution in [2.45, 2.75) is 85.8 Å². The summed E-state index contributed by atoms with van der Waals surface area (Å²) < 4.78 is 24.6. The van der Waals surface area contributed by atoms with Crippen LogP contribution in [0.3, 0.4) is 0 Å². The van der Waals surface area contributed by atoms with Crippen molar-refractivity contribution in [1.29, 1.82) is 0 Å². The maximum atomic E-state index is 13.7. The number of rotatable bonds is 6. The van der Waals surface area contributed by atoms with Crippen molar-refractivity contribution in [3.8, 4) is 0 Å². The summed E-state index contributed by atoms with van der Waals surface area (Å²) in [6, 6.07) is 6.60. The molecule has 12 unspecified atom stereocenters. The maximum absolute atomic E-state index is 13.7. The minimum absolute atomic E-state index is 0.190. The van der Waals surface area contributed by atoms with Crippen molar-refractivity contribution in [3.05, 3.63) is 29.8 Å². The first-order valence-electron chi connectivity index (χ1n) is 14.6. The number of para-hydroxylation sites is 1. The minimum Gasteiger partial charge on any atom is -0.454 e. The van der Waals surface area contributed by atoms with Crippen LogP contribution in [0.15, 0.2) is 24.3 Å². The molecule has 40 heavy (non-hydrogen) atoms. The second-order valence-corrected chi connectivity index (χ2v) is 13.2. The molecule has 7 rings (SSSR count). The molecule has 10 heteroatoms. The SMILES string of the molecule is CCN1CC2(OC(=O)c3ccccc3N)CCC(OC)C34C1C(CC23)C1(O)CC(OC)C2CC4(O)C1(O)C2OC. The van der Waals surface area contributed by atoms with E-state index in [9.17, 15) is 20.1 Å². The van der Waals surface area contributed by atoms with Gasteiger partial charge in [-0.05, 0) is 44.4 Å². The molecule has 1 spiro atoms. The summed E-state index contributed by atoms with van der Waals surface area (Å²) in [4.78, 5) is 16.0. The highest BCUT2D eigenvalue weighted by atomic mass is 16.6. The topological polar surface area (TPSA) is 144 Å². The lowest BCUT2D eigenvalue weighted by molar-refractivity contribution is -0.384. The van der Waals surface area contributed by atoms with Gasteiger partial charge < -0.3 is 40.0 Å². The fourth-order valence-corrected chi connectivity index (χ4v) is 11.3. The molecule has 5 aliphatic carbocycles. The van der Waals surface area contributed by atoms with Gasteiger partial charge in [0.2, 0.25) is 0 Å². The summed E-state index contributed by atoms with van der Waals surface area (Å²) in [7, 11) is 4.80. The normalized spacial score (nSPS) is 52.0. The van der Waals surface area contributed by atoms with Crippen LogP contribution in [-0.4, -0.2) is 107 Å². The van der Waals surface area contributed by atoms with Crippen LogP contribution < -0.4 is 5.73 Å². The average molecular weight is 559 g/mol. The van der Waals surface area contributed by atoms with E-state index in [2.05, 4.69) is 11.8 Å². The van der Waals surface area contributed by atoms with Crippen LogP contribution in [0.25, 0.3) is 0 Å². The molecule has 6 fully saturated rings. The molecule has 0 aromatic heterocycles. The standard InChI is InChI=1S/C30H42N2O8/c1-5-32-15-26(40-25(33)16-8-6-7-9-19(16)31)11-10-22(38-3)29-21(26)12-18(23(29)32)27(34)14-20(37-2)17-13-28(29,35)30(27,36)24(17)39-4/h6-9,17-18,20-24,34-36H,5,10-15,31H2,1-4H3. The highest BCUT2D eigenvalue weighted by Crippen LogP contribution is 2.80. The van der Waals surface area contributed by atoms with Gasteiger partial charge in [-0.3, -0.25) is 4.90 Å². The Morgan fingerprint density at radius 2 is 1.85 bits per heavy atom. The largest absolute Gasteiger partial charge is 0.454 e. The van der Waals surface area contributed by atoms with Crippen molar-refractivity contribution >= 4 is 11.7 Å². The smallest absolute Gasteiger partial charge is 0.340 e. The highest BCUT2D eigenvalue weighted by molar-refractivity contribution is 5.95. The number of likely N-dealkylation sites (N-methyl/N-ethyl adjacent to an activating group) is 1. The third kappa shape index (κ3) is 2.65. The van der Waals surface area contributed by atoms with E-state index in [4.69, 9.17) is 24.7 Å². The number of ether oxygens (including phenoxy) is 4. The molecule has 6 aliphatic rings. The Hall–Kier alpha value is -1.79. The number of methoxy groups -OCH3 is 3. The van der Waals surface area contributed by atoms with Gasteiger partial charge in [-0.2, -0.15) is 0 Å². The van der Waals surface area contributed by atoms with Gasteiger partial charge >= 0.3 is 5.97 Å². The number of nitrogens with two attached hydrogens (primary N) is 1. The molecule has 0 amide bonds. The van der Waals surface area contributed by atoms with E-state index < -0.39 is 51.9 Å². The number of fused-ring (bicyclic) bond motifs is 2. The molecule has 5 N–H and O–H groups in total. The van der Waals surface area contributed by atoms with Crippen molar-refractivity contribution in [3.63, 3.8) is 0 Å². The Balaban J connectivity index is 1.45. The van der Waals surface area contributed by atoms with Crippen molar-refractivity contribution < 1.29 is 39.1 Å². The number of carbonyl (C=O) groups excluding carboxylic acids is 1. The van der Waals surface area contributed by atoms with Crippen molar-refractivity contribution in [2.24, 2.45) is 23.2 Å². The molecule has 0 radical (unpaired) electrons. The van der Waals surface area contributed by atoms with E-state index in [1.807, 2.05) is 0 Å². The Bertz CT molecular complexity index is 1230. The number of esters is 1. The molecule has 10 nitrogen and oxygen atoms in total. The quantitative estimate of drug-likeness (QED) is 0.294. The zero-order valence-corrected chi connectivity index (χ0v) is 23.7. The number of anilines is 1. The lowest BCUT2D eigenvalue weighted by Crippen LogP contribution is -2.89. The monoisotopic (exact) mass is 558 g/mol. The Labute approximate surface area is 234 Å². The predicted octanol–water partition coefficient (Wildman–Crippen LogP) is 0.960. The van der Waals surface area contributed by atoms with Crippen LogP contribution in [0.1, 0.15) is 49.4 Å². The highest BCUT2D eigenvalue weighted by Gasteiger charge is 2.94. The first kappa shape index (κ1) is 27.1. The van der Waals surface area contributed by atoms with Gasteiger partial charge in [0.15, 0.2) is 0 Å². The molecule has 1 aliphatic heterocycles. The number of likely N-dealkylation sites (tertiary alicyclic amines) is 1. The van der Waals surface area contributed by atoms with Crippen LogP contribution in [0, 0.1) is 23.2 Å². The fourth-order valence-electron chi connectivity index (χ4n) is 11.3. The van der Waals surface area contributed by atoms with Crippen molar-refractivity contribution in [2.75, 3.05) is 40.2 Å². The van der Waals surface area contributed by atoms with Crippen molar-refractivity contribution in [1.82, 2.24) is 4.90 Å². The molecule has 12 atom stereocenters. The Kier molecular flexibility index (Phi) is 5.68. The van der Waals surface area contributed by atoms with Crippen LogP contribution in [0.4, 0.5) is 5.69 Å². The number of hydrogen-bond donors (Lipinski definition) is 4. The zero-order chi connectivity index (χ0) is 28.5. The number of benzene rings is 1. The van der Waals surface area contributed by atoms with Gasteiger partial charge in [-0.1, -0.05) is 19.1 Å². The first-order chi connectivity index (χ1) is 19.0. The lowest BCUT2D eigenvalue weighted by atomic mass is 9.42. The molecule has 7 bridgehead atoms. The summed E-state index contributed by atoms with van der Waals surface area (Å²) >= 11 is 0. The third-order valence-corrected chi connectivity index (χ3v) is 12.5. The number of nitrogens with zero attached hydrogens (tertiary/aromatic N) is 1. The molecule has 1 aromatic carbocycles. The molecule has 1 aromatic rings. The third-order valence-electron chi connectivity index (χ3n) is 12.5. The molecule has 220 valence electrons. The van der Waals surface area contributed by atoms with E-state index in [0.717, 1.165) is 0 Å². The second kappa shape index (κ2) is 8.40. The molecule has 1 heterocycles. The fraction of sp³-hybridized carbons (Fsp3) is 0.767. The summed E-state index contributed by atoms with van der Waals surface area (Å²) in [5.74, 6) is -1.60. The maximum Gasteiger partial charge on any atom is 0.340 e. The second-order valence-electron chi connectivity index (χ2n) is 13.2. The van der Waals surface area contributed by atoms with E-state index in [1.54, 1.807) is 38.5 Å². The summed E-state index contributed by atoms with van der Waals surface area (Å²) in [5, 5.41) is 38.8. The number of nitrogen functional groups attached to an aromatic ring is 1. The predicted molar refractivity (Wildman–Crippen MR) is 143 cm³/mol. The van der Waals surface area contributed by atoms with Gasteiger partial charge in [0.1, 0.15) is 22.4 Å². The van der Waals surface area contributed by atoms with Gasteiger partial charge in [0.05, 0.1) is 29.3 Å². The van der Waals surface area contributed by atoms with Gasteiger partial charge in [-0.25, -0.2) is 4.79 Å². The van der Waals surface area contributed by atoms with Crippen LogP contribution in [0.5, 0.6) is 0 Å². The summed E-state index contributed by atoms with van der Waals surface area (Å²) in [6.07, 6.45) is 0.298. The van der Waals surface area contributed by atoms with Gasteiger partial charge in [0.25, 0.3) is 0 Å². The van der Waals surface area contributed by atoms with E-state index in [1.165, 1.54) is 7.11 Å². The number of carbonyl (C=O) groups is 1. The number of piperidine rings is 1. The summed E-state index contributed by atoms with van der Waals surface area (Å²) in [6.45, 7) is 3.14. The molecule has 5 saturated carbocycles. The van der Waals surface area contributed by atoms with Crippen LogP contribution >= 0.6 is 0 Å². The minimum atomic E-state index is -1.95. The molecular formula is C30H42N2O8. The van der Waals surface area contributed by atoms with E-state index >= 15 is 0 Å². The van der Waals surface area contributed by atoms with Crippen LogP contribution in [-0.2, 0) is 18.9 Å². The number of aliphatic hydroxyl groups is 3. The van der Waals surface area contributed by atoms with E-state index in [-0.39, 0.29) is 36.8 Å². The Morgan fingerprint density at radius 3 is 2.50 bits per heavy atom. The Morgan fingerprint density at radius 1 is 1.10 bits per heavy atom. The van der Waals surface area contributed by atoms with E-state index in [0.29, 0.717) is 43.6 Å². The van der Waals surface area contributed by atoms with Gasteiger partial charge in [0, 0.05) is 63.8 Å². The first-order valence-corrected chi connectivity index (χ1v) is 14.6. The average Bonchev–Trinajstić information content (AvgIpc) is 3.34. The van der Waals surface area contributed by atoms with Gasteiger partial charge in [-0.15, -0.1) is 0 Å². The number of hydrogen-bond acceptors (Lipinski definition) is 10. The lowest BCUT2D eigenvalue weighted by Gasteiger charge is -2.73. The summed E-state index contributed by atoms with van der Waals surface area (Å²) in [5.41, 5.74) is -0.569. The molecule has 1 saturated heterocycles. The van der Waals surface area contributed by atoms with Crippen LogP contribution in [0.2, 0.25) is 0 Å².